The molecule has 0 aliphatic carbocycles. The summed E-state index contributed by atoms with van der Waals surface area (Å²) < 4.78 is 9.40. The van der Waals surface area contributed by atoms with Crippen molar-refractivity contribution in [3.63, 3.8) is 0 Å². The molecule has 0 heterocycles. The van der Waals surface area contributed by atoms with E-state index in [4.69, 9.17) is 9.47 Å². The Bertz CT molecular complexity index is 240. The minimum absolute atomic E-state index is 0.362. The lowest BCUT2D eigenvalue weighted by molar-refractivity contribution is -0.153. The van der Waals surface area contributed by atoms with Crippen LogP contribution in [0.3, 0.4) is 0 Å². The third-order valence-corrected chi connectivity index (χ3v) is 2.27. The topological polar surface area (TPSA) is 93.1 Å². The maximum Gasteiger partial charge on any atom is 0.345 e. The van der Waals surface area contributed by atoms with Gasteiger partial charge in [-0.3, -0.25) is 0 Å². The van der Waals surface area contributed by atoms with Crippen molar-refractivity contribution in [2.24, 2.45) is 0 Å². The summed E-state index contributed by atoms with van der Waals surface area (Å²) in [7, 11) is 0. The van der Waals surface area contributed by atoms with Gasteiger partial charge in [-0.15, -0.1) is 0 Å². The summed E-state index contributed by atoms with van der Waals surface area (Å²) in [6.45, 7) is 6.50. The number of carbonyl (C=O) groups excluding carboxylic acids is 2. The second kappa shape index (κ2) is 7.52. The van der Waals surface area contributed by atoms with E-state index in [1.54, 1.807) is 27.7 Å². The van der Waals surface area contributed by atoms with Gasteiger partial charge in [-0.1, -0.05) is 11.8 Å². The molecule has 0 bridgehead atoms. The van der Waals surface area contributed by atoms with Crippen molar-refractivity contribution in [1.82, 2.24) is 0 Å². The summed E-state index contributed by atoms with van der Waals surface area (Å²) in [5.41, 5.74) is -3.24. The highest BCUT2D eigenvalue weighted by Gasteiger charge is 2.27. The first-order valence-electron chi connectivity index (χ1n) is 5.16. The average Bonchev–Trinajstić information content (AvgIpc) is 2.15. The van der Waals surface area contributed by atoms with Gasteiger partial charge in [0.1, 0.15) is 0 Å². The van der Waals surface area contributed by atoms with Crippen molar-refractivity contribution in [3.8, 4) is 0 Å². The van der Waals surface area contributed by atoms with E-state index in [9.17, 15) is 19.8 Å². The van der Waals surface area contributed by atoms with Gasteiger partial charge in [-0.25, -0.2) is 9.59 Å². The van der Waals surface area contributed by atoms with Gasteiger partial charge in [-0.05, 0) is 27.7 Å². The first-order valence-corrected chi connectivity index (χ1v) is 6.11. The van der Waals surface area contributed by atoms with Crippen LogP contribution in [0.5, 0.6) is 0 Å². The lowest BCUT2D eigenvalue weighted by Crippen LogP contribution is -2.30. The van der Waals surface area contributed by atoms with Crippen molar-refractivity contribution in [3.05, 3.63) is 0 Å². The van der Waals surface area contributed by atoms with E-state index in [0.717, 1.165) is 0 Å². The molecule has 17 heavy (non-hydrogen) atoms. The van der Waals surface area contributed by atoms with Gasteiger partial charge in [0.15, 0.2) is 0 Å². The van der Waals surface area contributed by atoms with Gasteiger partial charge in [0.2, 0.25) is 10.9 Å². The van der Waals surface area contributed by atoms with Crippen molar-refractivity contribution in [2.45, 2.75) is 50.8 Å². The van der Waals surface area contributed by atoms with Crippen molar-refractivity contribution < 1.29 is 29.3 Å². The molecule has 0 amide bonds. The molecular formula is C10H18O6S. The number of aliphatic hydroxyl groups excluding tert-OH is 2. The first-order chi connectivity index (χ1) is 7.73. The Morgan fingerprint density at radius 3 is 1.41 bits per heavy atom. The predicted octanol–water partition coefficient (Wildman–Crippen LogP) is 0.260. The zero-order chi connectivity index (χ0) is 13.6. The maximum absolute atomic E-state index is 11.2. The Morgan fingerprint density at radius 2 is 1.18 bits per heavy atom. The molecule has 0 aromatic heterocycles. The lowest BCUT2D eigenvalue weighted by atomic mass is 10.5. The van der Waals surface area contributed by atoms with Crippen LogP contribution in [0.4, 0.5) is 0 Å². The van der Waals surface area contributed by atoms with Crippen LogP contribution in [-0.2, 0) is 19.1 Å². The average molecular weight is 266 g/mol. The summed E-state index contributed by atoms with van der Waals surface area (Å²) in [6.07, 6.45) is -0.755. The monoisotopic (exact) mass is 266 g/mol. The standard InChI is InChI=1S/C10H18O6S/c1-5(2)15-7(11)9(13)17-10(14)8(12)16-6(3)4/h5-6,9-10,13-14H,1-4H3/t9-,10-/m0/s1. The second-order valence-electron chi connectivity index (χ2n) is 3.81. The number of hydrogen-bond donors (Lipinski definition) is 2. The molecule has 0 aromatic rings. The minimum atomic E-state index is -1.62. The van der Waals surface area contributed by atoms with Gasteiger partial charge in [0, 0.05) is 0 Å². The predicted molar refractivity (Wildman–Crippen MR) is 62.1 cm³/mol. The molecule has 0 aliphatic rings. The van der Waals surface area contributed by atoms with Crippen LogP contribution in [0.2, 0.25) is 0 Å². The van der Waals surface area contributed by atoms with Crippen LogP contribution in [0.1, 0.15) is 27.7 Å². The number of thioether (sulfide) groups is 1. The molecule has 100 valence electrons. The quantitative estimate of drug-likeness (QED) is 0.526. The number of esters is 2. The van der Waals surface area contributed by atoms with E-state index in [-0.39, 0.29) is 12.2 Å². The molecule has 0 unspecified atom stereocenters. The third kappa shape index (κ3) is 7.19. The van der Waals surface area contributed by atoms with Crippen molar-refractivity contribution >= 4 is 23.7 Å². The molecule has 2 N–H and O–H groups in total. The maximum atomic E-state index is 11.2. The third-order valence-electron chi connectivity index (χ3n) is 1.36. The van der Waals surface area contributed by atoms with Gasteiger partial charge >= 0.3 is 11.9 Å². The van der Waals surface area contributed by atoms with Crippen LogP contribution < -0.4 is 0 Å². The lowest BCUT2D eigenvalue weighted by Gasteiger charge is -2.16. The first kappa shape index (κ1) is 16.2. The Hall–Kier alpha value is -0.790. The van der Waals surface area contributed by atoms with Crippen LogP contribution in [0.15, 0.2) is 0 Å². The summed E-state index contributed by atoms with van der Waals surface area (Å²) >= 11 is 0.362. The number of hydrogen-bond acceptors (Lipinski definition) is 7. The summed E-state index contributed by atoms with van der Waals surface area (Å²) in [5.74, 6) is -1.80. The van der Waals surface area contributed by atoms with Crippen molar-refractivity contribution in [1.29, 1.82) is 0 Å². The van der Waals surface area contributed by atoms with E-state index in [0.29, 0.717) is 11.8 Å². The Morgan fingerprint density at radius 1 is 0.882 bits per heavy atom. The van der Waals surface area contributed by atoms with Crippen LogP contribution in [-0.4, -0.2) is 45.2 Å². The summed E-state index contributed by atoms with van der Waals surface area (Å²) in [4.78, 5) is 22.4. The molecule has 0 rings (SSSR count). The van der Waals surface area contributed by atoms with Gasteiger partial charge < -0.3 is 19.7 Å². The SMILES string of the molecule is CC(C)OC(=O)[C@@H](O)S[C@H](O)C(=O)OC(C)C. The second-order valence-corrected chi connectivity index (χ2v) is 4.98. The van der Waals surface area contributed by atoms with Crippen LogP contribution in [0, 0.1) is 0 Å². The zero-order valence-corrected chi connectivity index (χ0v) is 11.1. The molecule has 7 heteroatoms. The molecule has 6 nitrogen and oxygen atoms in total. The van der Waals surface area contributed by atoms with E-state index in [1.165, 1.54) is 0 Å². The van der Waals surface area contributed by atoms with Gasteiger partial charge in [-0.2, -0.15) is 0 Å². The normalized spacial score (nSPS) is 14.6. The fraction of sp³-hybridized carbons (Fsp3) is 0.800. The number of aliphatic hydroxyl groups is 2. The molecule has 0 saturated carbocycles. The zero-order valence-electron chi connectivity index (χ0n) is 10.2. The Kier molecular flexibility index (Phi) is 7.17. The van der Waals surface area contributed by atoms with E-state index < -0.39 is 22.8 Å². The molecule has 0 aromatic carbocycles. The largest absolute Gasteiger partial charge is 0.460 e. The number of rotatable bonds is 6. The van der Waals surface area contributed by atoms with Gasteiger partial charge in [0.05, 0.1) is 12.2 Å². The molecule has 0 saturated heterocycles. The Labute approximate surface area is 104 Å². The minimum Gasteiger partial charge on any atom is -0.460 e. The van der Waals surface area contributed by atoms with E-state index >= 15 is 0 Å². The number of carbonyl (C=O) groups is 2. The summed E-state index contributed by atoms with van der Waals surface area (Å²) in [6, 6.07) is 0. The fourth-order valence-corrected chi connectivity index (χ4v) is 1.39. The molecule has 0 spiro atoms. The highest BCUT2D eigenvalue weighted by Crippen LogP contribution is 2.17. The molecule has 0 radical (unpaired) electrons. The highest BCUT2D eigenvalue weighted by atomic mass is 32.2. The highest BCUT2D eigenvalue weighted by molar-refractivity contribution is 8.01. The fourth-order valence-electron chi connectivity index (χ4n) is 0.814. The van der Waals surface area contributed by atoms with Gasteiger partial charge in [0.25, 0.3) is 0 Å². The number of ether oxygens (including phenoxy) is 2. The van der Waals surface area contributed by atoms with E-state index in [2.05, 4.69) is 0 Å². The molecule has 0 fully saturated rings. The molecular weight excluding hydrogens is 248 g/mol. The van der Waals surface area contributed by atoms with Crippen LogP contribution >= 0.6 is 11.8 Å². The smallest absolute Gasteiger partial charge is 0.345 e. The molecule has 0 aliphatic heterocycles. The Balaban J connectivity index is 4.14. The summed E-state index contributed by atoms with van der Waals surface area (Å²) in [5, 5.41) is 18.7. The van der Waals surface area contributed by atoms with Crippen molar-refractivity contribution in [2.75, 3.05) is 0 Å². The van der Waals surface area contributed by atoms with Crippen LogP contribution in [0.25, 0.3) is 0 Å². The van der Waals surface area contributed by atoms with E-state index in [1.807, 2.05) is 0 Å². The molecule has 2 atom stereocenters.